The first-order chi connectivity index (χ1) is 6.81. The summed E-state index contributed by atoms with van der Waals surface area (Å²) < 4.78 is 7.21. The molecule has 0 amide bonds. The second-order valence-electron chi connectivity index (χ2n) is 3.09. The maximum absolute atomic E-state index is 5.30. The van der Waals surface area contributed by atoms with Crippen molar-refractivity contribution in [2.45, 2.75) is 19.6 Å². The Labute approximate surface area is 82.3 Å². The van der Waals surface area contributed by atoms with Gasteiger partial charge in [0.05, 0.1) is 6.42 Å². The third-order valence-corrected chi connectivity index (χ3v) is 2.07. The molecule has 1 aromatic heterocycles. The summed E-state index contributed by atoms with van der Waals surface area (Å²) in [5.41, 5.74) is 0.843. The lowest BCUT2D eigenvalue weighted by Gasteiger charge is -2.06. The van der Waals surface area contributed by atoms with Crippen LogP contribution < -0.4 is 0 Å². The van der Waals surface area contributed by atoms with Crippen molar-refractivity contribution in [3.05, 3.63) is 18.2 Å². The van der Waals surface area contributed by atoms with E-state index in [-0.39, 0.29) is 6.29 Å². The third-order valence-electron chi connectivity index (χ3n) is 2.07. The van der Waals surface area contributed by atoms with Gasteiger partial charge < -0.3 is 14.1 Å². The van der Waals surface area contributed by atoms with E-state index in [2.05, 4.69) is 10.1 Å². The predicted octanol–water partition coefficient (Wildman–Crippen LogP) is 0.907. The lowest BCUT2D eigenvalue weighted by molar-refractivity contribution is -0.120. The van der Waals surface area contributed by atoms with Crippen LogP contribution in [0.25, 0.3) is 0 Å². The summed E-state index contributed by atoms with van der Waals surface area (Å²) in [6.45, 7) is 2.57. The van der Waals surface area contributed by atoms with Gasteiger partial charge >= 0.3 is 0 Å². The van der Waals surface area contributed by atoms with Crippen LogP contribution in [0.5, 0.6) is 0 Å². The monoisotopic (exact) mass is 195 g/mol. The Morgan fingerprint density at radius 1 is 1.71 bits per heavy atom. The van der Waals surface area contributed by atoms with Gasteiger partial charge in [0, 0.05) is 26.0 Å². The standard InChI is InChI=1S/C9H13N3O2/c1-3-13-8-6-7(11-14-8)9-10-4-5-12(9)2/h4-5,8H,3,6H2,1-2H3. The van der Waals surface area contributed by atoms with Crippen LogP contribution in [0.15, 0.2) is 17.5 Å². The maximum Gasteiger partial charge on any atom is 0.232 e. The lowest BCUT2D eigenvalue weighted by Crippen LogP contribution is -2.14. The average molecular weight is 195 g/mol. The summed E-state index contributed by atoms with van der Waals surface area (Å²) in [5, 5.41) is 3.95. The number of hydrogen-bond donors (Lipinski definition) is 0. The van der Waals surface area contributed by atoms with E-state index in [0.29, 0.717) is 13.0 Å². The topological polar surface area (TPSA) is 48.6 Å². The molecule has 0 radical (unpaired) electrons. The molecule has 1 aromatic rings. The van der Waals surface area contributed by atoms with Crippen molar-refractivity contribution in [2.75, 3.05) is 6.61 Å². The zero-order valence-corrected chi connectivity index (χ0v) is 8.30. The van der Waals surface area contributed by atoms with Crippen molar-refractivity contribution in [1.29, 1.82) is 0 Å². The van der Waals surface area contributed by atoms with Crippen LogP contribution in [0, 0.1) is 0 Å². The molecule has 0 N–H and O–H groups in total. The van der Waals surface area contributed by atoms with Crippen LogP contribution in [0.1, 0.15) is 19.2 Å². The summed E-state index contributed by atoms with van der Waals surface area (Å²) >= 11 is 0. The van der Waals surface area contributed by atoms with Gasteiger partial charge in [-0.3, -0.25) is 0 Å². The number of oxime groups is 1. The summed E-state index contributed by atoms with van der Waals surface area (Å²) in [6.07, 6.45) is 4.04. The fourth-order valence-electron chi connectivity index (χ4n) is 1.41. The first kappa shape index (κ1) is 9.21. The number of rotatable bonds is 3. The Morgan fingerprint density at radius 2 is 2.57 bits per heavy atom. The molecule has 0 aromatic carbocycles. The molecule has 0 spiro atoms. The highest BCUT2D eigenvalue weighted by molar-refractivity contribution is 5.98. The van der Waals surface area contributed by atoms with Crippen LogP contribution >= 0.6 is 0 Å². The minimum atomic E-state index is -0.244. The molecule has 2 heterocycles. The fraction of sp³-hybridized carbons (Fsp3) is 0.556. The van der Waals surface area contributed by atoms with Crippen molar-refractivity contribution in [3.63, 3.8) is 0 Å². The highest BCUT2D eigenvalue weighted by Crippen LogP contribution is 2.15. The number of ether oxygens (including phenoxy) is 1. The zero-order chi connectivity index (χ0) is 9.97. The second kappa shape index (κ2) is 3.79. The van der Waals surface area contributed by atoms with E-state index in [1.165, 1.54) is 0 Å². The van der Waals surface area contributed by atoms with E-state index in [1.807, 2.05) is 24.7 Å². The first-order valence-electron chi connectivity index (χ1n) is 4.63. The summed E-state index contributed by atoms with van der Waals surface area (Å²) in [7, 11) is 1.93. The van der Waals surface area contributed by atoms with Crippen molar-refractivity contribution in [1.82, 2.24) is 9.55 Å². The van der Waals surface area contributed by atoms with Crippen LogP contribution in [0.2, 0.25) is 0 Å². The van der Waals surface area contributed by atoms with Crippen molar-refractivity contribution in [2.24, 2.45) is 12.2 Å². The number of imidazole rings is 1. The predicted molar refractivity (Wildman–Crippen MR) is 50.9 cm³/mol. The van der Waals surface area contributed by atoms with E-state index in [4.69, 9.17) is 9.57 Å². The SMILES string of the molecule is CCOC1CC(c2nccn2C)=NO1. The molecule has 5 nitrogen and oxygen atoms in total. The smallest absolute Gasteiger partial charge is 0.232 e. The Bertz CT molecular complexity index is 346. The Morgan fingerprint density at radius 3 is 3.21 bits per heavy atom. The molecule has 1 atom stereocenters. The molecule has 0 saturated heterocycles. The molecule has 1 aliphatic rings. The quantitative estimate of drug-likeness (QED) is 0.720. The fourth-order valence-corrected chi connectivity index (χ4v) is 1.41. The van der Waals surface area contributed by atoms with Crippen LogP contribution in [0.4, 0.5) is 0 Å². The maximum atomic E-state index is 5.30. The Hall–Kier alpha value is -1.36. The zero-order valence-electron chi connectivity index (χ0n) is 8.30. The van der Waals surface area contributed by atoms with Gasteiger partial charge in [-0.05, 0) is 6.92 Å². The van der Waals surface area contributed by atoms with Crippen LogP contribution in [-0.4, -0.2) is 28.2 Å². The summed E-state index contributed by atoms with van der Waals surface area (Å²) in [6, 6.07) is 0. The van der Waals surface area contributed by atoms with Crippen LogP contribution in [0.3, 0.4) is 0 Å². The van der Waals surface area contributed by atoms with E-state index in [9.17, 15) is 0 Å². The Kier molecular flexibility index (Phi) is 2.49. The van der Waals surface area contributed by atoms with Gasteiger partial charge in [0.2, 0.25) is 6.29 Å². The molecule has 0 bridgehead atoms. The third kappa shape index (κ3) is 1.63. The number of nitrogens with zero attached hydrogens (tertiary/aromatic N) is 3. The van der Waals surface area contributed by atoms with Gasteiger partial charge in [-0.1, -0.05) is 5.16 Å². The van der Waals surface area contributed by atoms with Gasteiger partial charge in [-0.25, -0.2) is 4.98 Å². The minimum absolute atomic E-state index is 0.244. The molecule has 76 valence electrons. The van der Waals surface area contributed by atoms with E-state index in [0.717, 1.165) is 11.5 Å². The molecule has 2 rings (SSSR count). The molecule has 0 saturated carbocycles. The van der Waals surface area contributed by atoms with Gasteiger partial charge in [-0.2, -0.15) is 0 Å². The number of aromatic nitrogens is 2. The van der Waals surface area contributed by atoms with Crippen molar-refractivity contribution < 1.29 is 9.57 Å². The first-order valence-corrected chi connectivity index (χ1v) is 4.63. The van der Waals surface area contributed by atoms with Gasteiger partial charge in [0.15, 0.2) is 5.82 Å². The Balaban J connectivity index is 2.05. The van der Waals surface area contributed by atoms with Crippen molar-refractivity contribution >= 4 is 5.71 Å². The normalized spacial score (nSPS) is 20.7. The molecular formula is C9H13N3O2. The van der Waals surface area contributed by atoms with E-state index in [1.54, 1.807) is 6.20 Å². The van der Waals surface area contributed by atoms with Crippen molar-refractivity contribution in [3.8, 4) is 0 Å². The molecular weight excluding hydrogens is 182 g/mol. The largest absolute Gasteiger partial charge is 0.363 e. The van der Waals surface area contributed by atoms with Gasteiger partial charge in [0.25, 0.3) is 0 Å². The second-order valence-corrected chi connectivity index (χ2v) is 3.09. The lowest BCUT2D eigenvalue weighted by atomic mass is 10.2. The van der Waals surface area contributed by atoms with E-state index < -0.39 is 0 Å². The summed E-state index contributed by atoms with van der Waals surface area (Å²) in [5.74, 6) is 0.840. The number of hydrogen-bond acceptors (Lipinski definition) is 4. The number of aryl methyl sites for hydroxylation is 1. The molecule has 14 heavy (non-hydrogen) atoms. The average Bonchev–Trinajstić information content (AvgIpc) is 2.74. The minimum Gasteiger partial charge on any atom is -0.363 e. The molecule has 5 heteroatoms. The molecule has 0 fully saturated rings. The van der Waals surface area contributed by atoms with E-state index >= 15 is 0 Å². The summed E-state index contributed by atoms with van der Waals surface area (Å²) in [4.78, 5) is 9.29. The highest BCUT2D eigenvalue weighted by atomic mass is 16.8. The molecule has 1 unspecified atom stereocenters. The van der Waals surface area contributed by atoms with Crippen LogP contribution in [-0.2, 0) is 16.6 Å². The molecule has 0 aliphatic carbocycles. The molecule has 1 aliphatic heterocycles. The highest BCUT2D eigenvalue weighted by Gasteiger charge is 2.24. The van der Waals surface area contributed by atoms with Gasteiger partial charge in [-0.15, -0.1) is 0 Å². The van der Waals surface area contributed by atoms with Gasteiger partial charge in [0.1, 0.15) is 5.71 Å².